The smallest absolute Gasteiger partial charge is 0.123 e. The summed E-state index contributed by atoms with van der Waals surface area (Å²) in [5.74, 6) is 2.35. The lowest BCUT2D eigenvalue weighted by Crippen LogP contribution is -2.33. The van der Waals surface area contributed by atoms with E-state index >= 15 is 0 Å². The maximum Gasteiger partial charge on any atom is 0.123 e. The molecular formula is C32H41N3O2. The molecule has 2 aliphatic rings. The summed E-state index contributed by atoms with van der Waals surface area (Å²) in [4.78, 5) is 4.75. The molecule has 0 spiro atoms. The number of likely N-dealkylation sites (tertiary alicyclic amines) is 1. The van der Waals surface area contributed by atoms with E-state index in [1.807, 2.05) is 0 Å². The predicted molar refractivity (Wildman–Crippen MR) is 152 cm³/mol. The van der Waals surface area contributed by atoms with Gasteiger partial charge in [0, 0.05) is 18.7 Å². The van der Waals surface area contributed by atoms with Gasteiger partial charge in [-0.2, -0.15) is 0 Å². The van der Waals surface area contributed by atoms with Gasteiger partial charge < -0.3 is 14.8 Å². The third kappa shape index (κ3) is 6.91. The fourth-order valence-electron chi connectivity index (χ4n) is 5.55. The molecule has 2 fully saturated rings. The van der Waals surface area contributed by atoms with Crippen LogP contribution < -0.4 is 4.74 Å². The minimum Gasteiger partial charge on any atom is -0.493 e. The molecule has 0 aromatic heterocycles. The molecule has 0 atom stereocenters. The average Bonchev–Trinajstić information content (AvgIpc) is 3.74. The zero-order valence-electron chi connectivity index (χ0n) is 22.4. The summed E-state index contributed by atoms with van der Waals surface area (Å²) in [6.45, 7) is 4.88. The molecule has 0 radical (unpaired) electrons. The Bertz CT molecular complexity index is 1200. The Labute approximate surface area is 221 Å². The van der Waals surface area contributed by atoms with Crippen LogP contribution in [0.4, 0.5) is 0 Å². The Hall–Kier alpha value is -2.89. The first-order chi connectivity index (χ1) is 18.1. The van der Waals surface area contributed by atoms with Crippen molar-refractivity contribution >= 4 is 16.5 Å². The normalized spacial score (nSPS) is 17.5. The first kappa shape index (κ1) is 25.7. The molecule has 3 aromatic carbocycles. The highest BCUT2D eigenvalue weighted by atomic mass is 16.5. The molecule has 196 valence electrons. The maximum atomic E-state index is 9.87. The van der Waals surface area contributed by atoms with Crippen molar-refractivity contribution in [3.05, 3.63) is 77.4 Å². The number of piperidine rings is 1. The molecule has 0 bridgehead atoms. The topological polar surface area (TPSA) is 48.3 Å². The average molecular weight is 500 g/mol. The number of hydrogen-bond acceptors (Lipinski definition) is 5. The van der Waals surface area contributed by atoms with Gasteiger partial charge in [0.1, 0.15) is 5.75 Å². The molecular weight excluding hydrogens is 458 g/mol. The number of benzene rings is 3. The second-order valence-electron chi connectivity index (χ2n) is 11.3. The molecule has 1 saturated heterocycles. The van der Waals surface area contributed by atoms with Crippen LogP contribution >= 0.6 is 0 Å². The van der Waals surface area contributed by atoms with E-state index in [1.54, 1.807) is 0 Å². The first-order valence-corrected chi connectivity index (χ1v) is 13.9. The van der Waals surface area contributed by atoms with Crippen molar-refractivity contribution < 1.29 is 9.94 Å². The molecule has 37 heavy (non-hydrogen) atoms. The lowest BCUT2D eigenvalue weighted by Gasteiger charge is -2.32. The zero-order chi connectivity index (χ0) is 25.6. The van der Waals surface area contributed by atoms with Gasteiger partial charge in [0.15, 0.2) is 0 Å². The third-order valence-corrected chi connectivity index (χ3v) is 7.94. The molecule has 5 rings (SSSR count). The van der Waals surface area contributed by atoms with Crippen LogP contribution in [0, 0.1) is 11.8 Å². The minimum absolute atomic E-state index is 0.669. The highest BCUT2D eigenvalue weighted by molar-refractivity contribution is 6.00. The van der Waals surface area contributed by atoms with E-state index < -0.39 is 0 Å². The van der Waals surface area contributed by atoms with Crippen LogP contribution in [0.3, 0.4) is 0 Å². The van der Waals surface area contributed by atoms with E-state index in [9.17, 15) is 5.21 Å². The van der Waals surface area contributed by atoms with Gasteiger partial charge in [-0.25, -0.2) is 0 Å². The van der Waals surface area contributed by atoms with Crippen LogP contribution in [0.1, 0.15) is 55.2 Å². The quantitative estimate of drug-likeness (QED) is 0.184. The first-order valence-electron chi connectivity index (χ1n) is 13.9. The summed E-state index contributed by atoms with van der Waals surface area (Å²) in [5, 5.41) is 16.3. The van der Waals surface area contributed by atoms with Crippen LogP contribution in [-0.4, -0.2) is 54.5 Å². The molecule has 1 N–H and O–H groups in total. The van der Waals surface area contributed by atoms with E-state index in [0.717, 1.165) is 74.1 Å². The van der Waals surface area contributed by atoms with Gasteiger partial charge in [-0.15, -0.1) is 0 Å². The van der Waals surface area contributed by atoms with E-state index in [4.69, 9.17) is 4.74 Å². The Balaban J connectivity index is 1.15. The van der Waals surface area contributed by atoms with Crippen molar-refractivity contribution in [1.82, 2.24) is 9.80 Å². The molecule has 3 aromatic rings. The predicted octanol–water partition coefficient (Wildman–Crippen LogP) is 6.56. The fraction of sp³-hybridized carbons (Fsp3) is 0.469. The number of ether oxygens (including phenoxy) is 1. The number of oxime groups is 1. The van der Waals surface area contributed by atoms with Gasteiger partial charge in [-0.1, -0.05) is 47.6 Å². The number of rotatable bonds is 11. The van der Waals surface area contributed by atoms with Crippen molar-refractivity contribution in [2.45, 2.75) is 51.6 Å². The van der Waals surface area contributed by atoms with Crippen molar-refractivity contribution in [3.8, 4) is 5.75 Å². The van der Waals surface area contributed by atoms with Crippen molar-refractivity contribution in [2.24, 2.45) is 17.0 Å². The number of hydrogen-bond donors (Lipinski definition) is 1. The SMILES string of the molecule is CN(C)Cc1cc(/C(CCC2CCN(Cc3cccc4ccccc34)CC2)=N\O)ccc1OCC1CC1. The summed E-state index contributed by atoms with van der Waals surface area (Å²) >= 11 is 0. The summed E-state index contributed by atoms with van der Waals surface area (Å²) < 4.78 is 6.13. The van der Waals surface area contributed by atoms with Gasteiger partial charge in [0.25, 0.3) is 0 Å². The minimum atomic E-state index is 0.669. The standard InChI is InChI=1S/C32H41N3O2/c1-34(2)21-29-20-27(13-15-32(29)37-23-25-10-11-25)31(33-36)14-12-24-16-18-35(19-17-24)22-28-8-5-7-26-6-3-4-9-30(26)28/h3-9,13,15,20,24-25,36H,10-12,14,16-19,21-23H2,1-2H3/b33-31-. The van der Waals surface area contributed by atoms with Gasteiger partial charge in [-0.05, 0) is 118 Å². The van der Waals surface area contributed by atoms with Crippen LogP contribution in [0.5, 0.6) is 5.75 Å². The molecule has 5 heteroatoms. The third-order valence-electron chi connectivity index (χ3n) is 7.94. The summed E-state index contributed by atoms with van der Waals surface area (Å²) in [6.07, 6.45) is 6.82. The van der Waals surface area contributed by atoms with E-state index in [1.165, 1.54) is 42.0 Å². The van der Waals surface area contributed by atoms with Crippen molar-refractivity contribution in [2.75, 3.05) is 33.8 Å². The molecule has 1 saturated carbocycles. The summed E-state index contributed by atoms with van der Waals surface area (Å²) in [7, 11) is 4.15. The maximum absolute atomic E-state index is 9.87. The van der Waals surface area contributed by atoms with Gasteiger partial charge in [0.05, 0.1) is 12.3 Å². The van der Waals surface area contributed by atoms with Crippen LogP contribution in [-0.2, 0) is 13.1 Å². The zero-order valence-corrected chi connectivity index (χ0v) is 22.4. The summed E-state index contributed by atoms with van der Waals surface area (Å²) in [6, 6.07) is 21.6. The van der Waals surface area contributed by atoms with Gasteiger partial charge in [0.2, 0.25) is 0 Å². The molecule has 0 unspecified atom stereocenters. The molecule has 5 nitrogen and oxygen atoms in total. The highest BCUT2D eigenvalue weighted by Crippen LogP contribution is 2.31. The van der Waals surface area contributed by atoms with Crippen LogP contribution in [0.2, 0.25) is 0 Å². The van der Waals surface area contributed by atoms with E-state index in [-0.39, 0.29) is 0 Å². The van der Waals surface area contributed by atoms with E-state index in [2.05, 4.69) is 89.7 Å². The second kappa shape index (κ2) is 12.1. The Morgan fingerprint density at radius 3 is 2.49 bits per heavy atom. The van der Waals surface area contributed by atoms with Crippen LogP contribution in [0.15, 0.2) is 65.8 Å². The molecule has 1 heterocycles. The Morgan fingerprint density at radius 1 is 0.946 bits per heavy atom. The van der Waals surface area contributed by atoms with Gasteiger partial charge in [-0.3, -0.25) is 4.90 Å². The van der Waals surface area contributed by atoms with Crippen LogP contribution in [0.25, 0.3) is 10.8 Å². The molecule has 0 amide bonds. The Kier molecular flexibility index (Phi) is 8.42. The van der Waals surface area contributed by atoms with Crippen molar-refractivity contribution in [3.63, 3.8) is 0 Å². The van der Waals surface area contributed by atoms with Crippen molar-refractivity contribution in [1.29, 1.82) is 0 Å². The monoisotopic (exact) mass is 499 g/mol. The number of fused-ring (bicyclic) bond motifs is 1. The fourth-order valence-corrected chi connectivity index (χ4v) is 5.55. The molecule has 1 aliphatic carbocycles. The van der Waals surface area contributed by atoms with Gasteiger partial charge >= 0.3 is 0 Å². The largest absolute Gasteiger partial charge is 0.493 e. The molecule has 1 aliphatic heterocycles. The Morgan fingerprint density at radius 2 is 1.73 bits per heavy atom. The summed E-state index contributed by atoms with van der Waals surface area (Å²) in [5.41, 5.74) is 4.37. The lowest BCUT2D eigenvalue weighted by atomic mass is 9.89. The second-order valence-corrected chi connectivity index (χ2v) is 11.3. The number of nitrogens with zero attached hydrogens (tertiary/aromatic N) is 3. The van der Waals surface area contributed by atoms with E-state index in [0.29, 0.717) is 5.92 Å². The highest BCUT2D eigenvalue weighted by Gasteiger charge is 2.23. The lowest BCUT2D eigenvalue weighted by molar-refractivity contribution is 0.174.